The van der Waals surface area contributed by atoms with Crippen LogP contribution in [0.2, 0.25) is 0 Å². The molecule has 2 aromatic rings. The van der Waals surface area contributed by atoms with Crippen LogP contribution in [0, 0.1) is 13.8 Å². The van der Waals surface area contributed by atoms with Crippen LogP contribution >= 0.6 is 0 Å². The third kappa shape index (κ3) is 3.35. The summed E-state index contributed by atoms with van der Waals surface area (Å²) in [4.78, 5) is 27.7. The highest BCUT2D eigenvalue weighted by molar-refractivity contribution is 5.95. The van der Waals surface area contributed by atoms with Gasteiger partial charge in [0.15, 0.2) is 0 Å². The monoisotopic (exact) mass is 346 g/mol. The highest BCUT2D eigenvalue weighted by Gasteiger charge is 2.23. The number of carbonyl (C=O) groups is 2. The average Bonchev–Trinajstić information content (AvgIpc) is 3.13. The molecule has 0 radical (unpaired) electrons. The summed E-state index contributed by atoms with van der Waals surface area (Å²) < 4.78 is 6.90. The fraction of sp³-hybridized carbons (Fsp3) is 0.500. The van der Waals surface area contributed by atoms with Crippen molar-refractivity contribution in [2.45, 2.75) is 33.5 Å². The van der Waals surface area contributed by atoms with E-state index in [0.29, 0.717) is 43.2 Å². The Kier molecular flexibility index (Phi) is 4.47. The molecular weight excluding hydrogens is 324 g/mol. The van der Waals surface area contributed by atoms with Gasteiger partial charge in [-0.1, -0.05) is 5.16 Å². The third-order valence-corrected chi connectivity index (χ3v) is 4.19. The lowest BCUT2D eigenvalue weighted by Crippen LogP contribution is -2.43. The summed E-state index contributed by atoms with van der Waals surface area (Å²) in [6, 6.07) is 1.91. The topological polar surface area (TPSA) is 96.5 Å². The van der Waals surface area contributed by atoms with E-state index in [1.165, 1.54) is 0 Å². The Bertz CT molecular complexity index is 787. The van der Waals surface area contributed by atoms with Crippen molar-refractivity contribution in [2.75, 3.05) is 20.6 Å². The minimum atomic E-state index is -0.230. The van der Waals surface area contributed by atoms with Gasteiger partial charge in [0.25, 0.3) is 5.91 Å². The number of hydrogen-bond acceptors (Lipinski definition) is 5. The molecule has 9 heteroatoms. The van der Waals surface area contributed by atoms with Crippen LogP contribution in [0.3, 0.4) is 0 Å². The zero-order valence-electron chi connectivity index (χ0n) is 14.9. The van der Waals surface area contributed by atoms with Crippen molar-refractivity contribution >= 4 is 11.9 Å². The van der Waals surface area contributed by atoms with Crippen LogP contribution in [-0.4, -0.2) is 57.3 Å². The first-order chi connectivity index (χ1) is 11.9. The van der Waals surface area contributed by atoms with Crippen LogP contribution in [0.25, 0.3) is 0 Å². The Morgan fingerprint density at radius 1 is 1.32 bits per heavy atom. The van der Waals surface area contributed by atoms with Crippen molar-refractivity contribution in [1.82, 2.24) is 30.1 Å². The highest BCUT2D eigenvalue weighted by Crippen LogP contribution is 2.16. The van der Waals surface area contributed by atoms with Gasteiger partial charge in [-0.25, -0.2) is 4.79 Å². The number of hydrogen-bond donors (Lipinski definition) is 1. The van der Waals surface area contributed by atoms with Gasteiger partial charge in [-0.15, -0.1) is 0 Å². The molecule has 25 heavy (non-hydrogen) atoms. The van der Waals surface area contributed by atoms with E-state index >= 15 is 0 Å². The summed E-state index contributed by atoms with van der Waals surface area (Å²) in [6.07, 6.45) is 0. The Hall–Kier alpha value is -2.84. The molecule has 3 rings (SSSR count). The molecule has 0 atom stereocenters. The van der Waals surface area contributed by atoms with Gasteiger partial charge in [0.2, 0.25) is 0 Å². The number of aromatic nitrogens is 3. The number of urea groups is 1. The molecule has 1 aliphatic heterocycles. The van der Waals surface area contributed by atoms with Crippen molar-refractivity contribution in [2.24, 2.45) is 0 Å². The lowest BCUT2D eigenvalue weighted by Gasteiger charge is -2.29. The molecule has 0 unspecified atom stereocenters. The second kappa shape index (κ2) is 6.58. The standard InChI is InChI=1S/C16H22N6O3/c1-10-14(11(2)25-19-10)15(23)17-8-12-7-13-9-21(16(24)20(3)4)5-6-22(13)18-12/h7H,5-6,8-9H2,1-4H3,(H,17,23). The zero-order chi connectivity index (χ0) is 18.1. The van der Waals surface area contributed by atoms with E-state index in [0.717, 1.165) is 11.4 Å². The van der Waals surface area contributed by atoms with Gasteiger partial charge in [-0.05, 0) is 19.9 Å². The number of nitrogens with zero attached hydrogens (tertiary/aromatic N) is 5. The third-order valence-electron chi connectivity index (χ3n) is 4.19. The molecule has 2 aromatic heterocycles. The number of rotatable bonds is 3. The van der Waals surface area contributed by atoms with Crippen molar-refractivity contribution in [3.63, 3.8) is 0 Å². The minimum Gasteiger partial charge on any atom is -0.361 e. The molecule has 1 N–H and O–H groups in total. The first kappa shape index (κ1) is 17.0. The van der Waals surface area contributed by atoms with E-state index in [4.69, 9.17) is 4.52 Å². The quantitative estimate of drug-likeness (QED) is 0.891. The lowest BCUT2D eigenvalue weighted by molar-refractivity contribution is 0.0948. The molecule has 0 saturated carbocycles. The summed E-state index contributed by atoms with van der Waals surface area (Å²) >= 11 is 0. The van der Waals surface area contributed by atoms with Crippen molar-refractivity contribution in [3.05, 3.63) is 34.5 Å². The van der Waals surface area contributed by atoms with E-state index in [1.807, 2.05) is 10.7 Å². The number of carbonyl (C=O) groups excluding carboxylic acids is 2. The molecule has 0 aromatic carbocycles. The van der Waals surface area contributed by atoms with Gasteiger partial charge in [0, 0.05) is 20.6 Å². The number of amides is 3. The SMILES string of the molecule is Cc1noc(C)c1C(=O)NCc1cc2n(n1)CCN(C(=O)N(C)C)C2. The maximum Gasteiger partial charge on any atom is 0.319 e. The van der Waals surface area contributed by atoms with E-state index in [2.05, 4.69) is 15.6 Å². The van der Waals surface area contributed by atoms with Crippen LogP contribution in [-0.2, 0) is 19.6 Å². The number of aryl methyl sites for hydroxylation is 2. The van der Waals surface area contributed by atoms with Gasteiger partial charge in [0.05, 0.1) is 36.7 Å². The Balaban J connectivity index is 1.65. The molecule has 0 saturated heterocycles. The second-order valence-corrected chi connectivity index (χ2v) is 6.33. The van der Waals surface area contributed by atoms with E-state index < -0.39 is 0 Å². The smallest absolute Gasteiger partial charge is 0.319 e. The van der Waals surface area contributed by atoms with Gasteiger partial charge in [-0.2, -0.15) is 5.10 Å². The summed E-state index contributed by atoms with van der Waals surface area (Å²) in [5.74, 6) is 0.267. The van der Waals surface area contributed by atoms with Gasteiger partial charge in [0.1, 0.15) is 11.3 Å². The Morgan fingerprint density at radius 2 is 2.08 bits per heavy atom. The minimum absolute atomic E-state index is 0.0132. The highest BCUT2D eigenvalue weighted by atomic mass is 16.5. The fourth-order valence-corrected chi connectivity index (χ4v) is 2.92. The Labute approximate surface area is 145 Å². The molecule has 134 valence electrons. The molecule has 1 aliphatic rings. The van der Waals surface area contributed by atoms with Crippen molar-refractivity contribution in [1.29, 1.82) is 0 Å². The van der Waals surface area contributed by atoms with E-state index in [-0.39, 0.29) is 11.9 Å². The summed E-state index contributed by atoms with van der Waals surface area (Å²) in [6.45, 7) is 5.54. The van der Waals surface area contributed by atoms with Gasteiger partial charge >= 0.3 is 6.03 Å². The molecule has 3 amide bonds. The van der Waals surface area contributed by atoms with E-state index in [9.17, 15) is 9.59 Å². The fourth-order valence-electron chi connectivity index (χ4n) is 2.92. The van der Waals surface area contributed by atoms with Gasteiger partial charge < -0.3 is 19.6 Å². The molecule has 9 nitrogen and oxygen atoms in total. The van der Waals surface area contributed by atoms with Crippen LogP contribution in [0.15, 0.2) is 10.6 Å². The number of nitrogens with one attached hydrogen (secondary N) is 1. The molecular formula is C16H22N6O3. The first-order valence-corrected chi connectivity index (χ1v) is 8.09. The second-order valence-electron chi connectivity index (χ2n) is 6.33. The summed E-state index contributed by atoms with van der Waals surface area (Å²) in [5.41, 5.74) is 2.75. The predicted octanol–water partition coefficient (Wildman–Crippen LogP) is 0.915. The number of fused-ring (bicyclic) bond motifs is 1. The van der Waals surface area contributed by atoms with Crippen molar-refractivity contribution in [3.8, 4) is 0 Å². The van der Waals surface area contributed by atoms with Crippen LogP contribution < -0.4 is 5.32 Å². The molecule has 0 spiro atoms. The maximum atomic E-state index is 12.3. The average molecular weight is 346 g/mol. The summed E-state index contributed by atoms with van der Waals surface area (Å²) in [5, 5.41) is 11.1. The van der Waals surface area contributed by atoms with Crippen molar-refractivity contribution < 1.29 is 14.1 Å². The predicted molar refractivity (Wildman–Crippen MR) is 88.9 cm³/mol. The largest absolute Gasteiger partial charge is 0.361 e. The maximum absolute atomic E-state index is 12.3. The summed E-state index contributed by atoms with van der Waals surface area (Å²) in [7, 11) is 3.48. The molecule has 3 heterocycles. The molecule has 0 fully saturated rings. The van der Waals surface area contributed by atoms with Crippen LogP contribution in [0.1, 0.15) is 33.2 Å². The zero-order valence-corrected chi connectivity index (χ0v) is 14.9. The lowest BCUT2D eigenvalue weighted by atomic mass is 10.2. The van der Waals surface area contributed by atoms with Gasteiger partial charge in [-0.3, -0.25) is 9.48 Å². The normalized spacial score (nSPS) is 13.5. The molecule has 0 aliphatic carbocycles. The van der Waals surface area contributed by atoms with Crippen LogP contribution in [0.5, 0.6) is 0 Å². The Morgan fingerprint density at radius 3 is 2.72 bits per heavy atom. The first-order valence-electron chi connectivity index (χ1n) is 8.09. The molecule has 0 bridgehead atoms. The van der Waals surface area contributed by atoms with Crippen LogP contribution in [0.4, 0.5) is 4.79 Å². The van der Waals surface area contributed by atoms with E-state index in [1.54, 1.807) is 37.7 Å².